The minimum absolute atomic E-state index is 0.0456. The first-order valence-corrected chi connectivity index (χ1v) is 11.8. The number of ether oxygens (including phenoxy) is 1. The molecule has 0 unspecified atom stereocenters. The molecule has 1 aromatic carbocycles. The fourth-order valence-electron chi connectivity index (χ4n) is 8.31. The number of ketones is 1. The van der Waals surface area contributed by atoms with E-state index < -0.39 is 0 Å². The number of benzene rings is 1. The van der Waals surface area contributed by atoms with Crippen molar-refractivity contribution < 1.29 is 13.9 Å². The number of halogens is 1. The molecule has 3 saturated carbocycles. The van der Waals surface area contributed by atoms with Gasteiger partial charge in [-0.25, -0.2) is 4.39 Å². The summed E-state index contributed by atoms with van der Waals surface area (Å²) in [6.45, 7) is 4.80. The summed E-state index contributed by atoms with van der Waals surface area (Å²) >= 11 is 0. The monoisotopic (exact) mass is 421 g/mol. The number of hydrogen-bond acceptors (Lipinski definition) is 4. The Morgan fingerprint density at radius 2 is 1.87 bits per heavy atom. The molecule has 1 aliphatic heterocycles. The summed E-state index contributed by atoms with van der Waals surface area (Å²) in [7, 11) is 0. The Hall–Kier alpha value is -2.08. The van der Waals surface area contributed by atoms with E-state index >= 15 is 0 Å². The average molecular weight is 422 g/mol. The third-order valence-electron chi connectivity index (χ3n) is 10.0. The number of fused-ring (bicyclic) bond motifs is 6. The number of Topliss-reactive ketones (excluding diaryl/α,β-unsaturated/α-hetero) is 1. The summed E-state index contributed by atoms with van der Waals surface area (Å²) < 4.78 is 19.5. The minimum atomic E-state index is -0.247. The molecule has 0 bridgehead atoms. The van der Waals surface area contributed by atoms with Crippen LogP contribution >= 0.6 is 0 Å². The molecule has 7 atom stereocenters. The molecule has 2 aromatic rings. The fourth-order valence-corrected chi connectivity index (χ4v) is 8.31. The Balaban J connectivity index is 1.22. The van der Waals surface area contributed by atoms with Gasteiger partial charge in [0.15, 0.2) is 5.78 Å². The maximum Gasteiger partial charge on any atom is 0.164 e. The van der Waals surface area contributed by atoms with E-state index in [1.807, 2.05) is 0 Å². The Morgan fingerprint density at radius 3 is 2.68 bits per heavy atom. The zero-order chi connectivity index (χ0) is 21.2. The first-order chi connectivity index (χ1) is 14.9. The van der Waals surface area contributed by atoms with Gasteiger partial charge >= 0.3 is 0 Å². The third kappa shape index (κ3) is 2.13. The Morgan fingerprint density at radius 1 is 1.06 bits per heavy atom. The SMILES string of the molecule is C[C@]12CC[C@H]3[C@@H](CC[C@]45O[C@H]4C(=O)CC[C@]35C)[C@@H]1Cc1nn(-c3ccc(F)cc3)nc12. The van der Waals surface area contributed by atoms with Crippen molar-refractivity contribution in [3.8, 4) is 5.69 Å². The van der Waals surface area contributed by atoms with E-state index in [4.69, 9.17) is 14.9 Å². The Kier molecular flexibility index (Phi) is 3.36. The van der Waals surface area contributed by atoms with E-state index in [1.165, 1.54) is 18.6 Å². The molecule has 5 nitrogen and oxygen atoms in total. The molecule has 2 heterocycles. The van der Waals surface area contributed by atoms with Crippen LogP contribution in [0.4, 0.5) is 4.39 Å². The van der Waals surface area contributed by atoms with Gasteiger partial charge in [-0.1, -0.05) is 13.8 Å². The highest BCUT2D eigenvalue weighted by Crippen LogP contribution is 2.71. The number of rotatable bonds is 1. The van der Waals surface area contributed by atoms with E-state index in [-0.39, 0.29) is 28.4 Å². The standard InChI is InChI=1S/C25H28FN3O2/c1-23-10-8-17-16(7-12-25-22(31-25)20(30)9-11-24(17,25)2)18(23)13-19-21(23)28-29(27-19)15-5-3-14(26)4-6-15/h3-6,16-18,22H,7-13H2,1-2H3/t16-,17+,18+,22+,23+,24-,25+/m1/s1. The van der Waals surface area contributed by atoms with Crippen LogP contribution in [0, 0.1) is 29.0 Å². The lowest BCUT2D eigenvalue weighted by molar-refractivity contribution is -0.127. The normalized spacial score (nSPS) is 44.7. The molecule has 1 saturated heterocycles. The molecule has 0 amide bonds. The van der Waals surface area contributed by atoms with Crippen LogP contribution in [-0.4, -0.2) is 32.5 Å². The summed E-state index contributed by atoms with van der Waals surface area (Å²) in [6, 6.07) is 6.39. The minimum Gasteiger partial charge on any atom is -0.357 e. The quantitative estimate of drug-likeness (QED) is 0.649. The second-order valence-corrected chi connectivity index (χ2v) is 11.1. The number of aromatic nitrogens is 3. The highest BCUT2D eigenvalue weighted by molar-refractivity contribution is 5.88. The van der Waals surface area contributed by atoms with E-state index in [1.54, 1.807) is 16.9 Å². The van der Waals surface area contributed by atoms with Gasteiger partial charge in [-0.2, -0.15) is 15.0 Å². The van der Waals surface area contributed by atoms with Crippen LogP contribution in [0.25, 0.3) is 5.69 Å². The number of epoxide rings is 1. The Labute approximate surface area is 181 Å². The average Bonchev–Trinajstić information content (AvgIpc) is 3.25. The van der Waals surface area contributed by atoms with Gasteiger partial charge in [0.05, 0.1) is 17.1 Å². The molecular formula is C25H28FN3O2. The highest BCUT2D eigenvalue weighted by atomic mass is 19.1. The van der Waals surface area contributed by atoms with Crippen molar-refractivity contribution in [2.45, 2.75) is 75.9 Å². The van der Waals surface area contributed by atoms with Crippen LogP contribution in [0.5, 0.6) is 0 Å². The van der Waals surface area contributed by atoms with Crippen molar-refractivity contribution in [2.75, 3.05) is 0 Å². The zero-order valence-corrected chi connectivity index (χ0v) is 18.1. The van der Waals surface area contributed by atoms with Crippen LogP contribution in [-0.2, 0) is 21.4 Å². The van der Waals surface area contributed by atoms with Gasteiger partial charge in [-0.15, -0.1) is 0 Å². The molecular weight excluding hydrogens is 393 g/mol. The predicted octanol–water partition coefficient (Wildman–Crippen LogP) is 4.16. The van der Waals surface area contributed by atoms with Crippen LogP contribution in [0.1, 0.15) is 63.8 Å². The zero-order valence-electron chi connectivity index (χ0n) is 18.1. The number of carbonyl (C=O) groups excluding carboxylic acids is 1. The van der Waals surface area contributed by atoms with E-state index in [0.29, 0.717) is 30.0 Å². The molecule has 0 N–H and O–H groups in total. The lowest BCUT2D eigenvalue weighted by Crippen LogP contribution is -2.58. The van der Waals surface area contributed by atoms with Crippen molar-refractivity contribution in [3.05, 3.63) is 41.5 Å². The summed E-state index contributed by atoms with van der Waals surface area (Å²) in [5.41, 5.74) is 3.06. The van der Waals surface area contributed by atoms with Gasteiger partial charge in [0.25, 0.3) is 0 Å². The molecule has 4 fully saturated rings. The third-order valence-corrected chi connectivity index (χ3v) is 10.0. The molecule has 7 rings (SSSR count). The van der Waals surface area contributed by atoms with Crippen molar-refractivity contribution in [3.63, 3.8) is 0 Å². The van der Waals surface area contributed by atoms with Gasteiger partial charge in [0, 0.05) is 17.3 Å². The lowest BCUT2D eigenvalue weighted by Gasteiger charge is -2.58. The van der Waals surface area contributed by atoms with Crippen LogP contribution in [0.15, 0.2) is 24.3 Å². The number of nitrogens with zero attached hydrogens (tertiary/aromatic N) is 3. The maximum atomic E-state index is 13.3. The topological polar surface area (TPSA) is 60.3 Å². The van der Waals surface area contributed by atoms with Crippen LogP contribution < -0.4 is 0 Å². The van der Waals surface area contributed by atoms with Gasteiger partial charge in [0.2, 0.25) is 0 Å². The van der Waals surface area contributed by atoms with E-state index in [9.17, 15) is 9.18 Å². The molecule has 1 aromatic heterocycles. The molecule has 4 aliphatic carbocycles. The summed E-state index contributed by atoms with van der Waals surface area (Å²) in [6.07, 6.45) is 6.96. The van der Waals surface area contributed by atoms with Crippen molar-refractivity contribution >= 4 is 5.78 Å². The predicted molar refractivity (Wildman–Crippen MR) is 111 cm³/mol. The molecule has 31 heavy (non-hydrogen) atoms. The Bertz CT molecular complexity index is 1110. The molecule has 6 heteroatoms. The molecule has 0 radical (unpaired) electrons. The molecule has 5 aliphatic rings. The van der Waals surface area contributed by atoms with E-state index in [0.717, 1.165) is 49.2 Å². The second kappa shape index (κ2) is 5.64. The van der Waals surface area contributed by atoms with Gasteiger partial charge in [-0.3, -0.25) is 4.79 Å². The largest absolute Gasteiger partial charge is 0.357 e. The highest BCUT2D eigenvalue weighted by Gasteiger charge is 2.76. The van der Waals surface area contributed by atoms with Crippen LogP contribution in [0.2, 0.25) is 0 Å². The fraction of sp³-hybridized carbons (Fsp3) is 0.640. The molecule has 1 spiro atoms. The smallest absolute Gasteiger partial charge is 0.164 e. The number of hydrogen-bond donors (Lipinski definition) is 0. The van der Waals surface area contributed by atoms with Crippen molar-refractivity contribution in [1.82, 2.24) is 15.0 Å². The van der Waals surface area contributed by atoms with Crippen molar-refractivity contribution in [2.24, 2.45) is 23.2 Å². The van der Waals surface area contributed by atoms with Gasteiger partial charge < -0.3 is 4.74 Å². The lowest BCUT2D eigenvalue weighted by atomic mass is 9.45. The summed E-state index contributed by atoms with van der Waals surface area (Å²) in [5, 5.41) is 9.77. The van der Waals surface area contributed by atoms with Crippen molar-refractivity contribution in [1.29, 1.82) is 0 Å². The van der Waals surface area contributed by atoms with Crippen LogP contribution in [0.3, 0.4) is 0 Å². The first-order valence-electron chi connectivity index (χ1n) is 11.8. The second-order valence-electron chi connectivity index (χ2n) is 11.1. The number of carbonyl (C=O) groups is 1. The summed E-state index contributed by atoms with van der Waals surface area (Å²) in [5.74, 6) is 1.90. The maximum absolute atomic E-state index is 13.3. The van der Waals surface area contributed by atoms with Gasteiger partial charge in [0.1, 0.15) is 17.5 Å². The summed E-state index contributed by atoms with van der Waals surface area (Å²) in [4.78, 5) is 14.0. The molecule has 162 valence electrons. The first kappa shape index (κ1) is 18.5. The van der Waals surface area contributed by atoms with Gasteiger partial charge in [-0.05, 0) is 80.5 Å². The van der Waals surface area contributed by atoms with E-state index in [2.05, 4.69) is 13.8 Å².